The standard InChI is InChI=1S/C32H41ClN8O3/c1-19(27-6-5-7-28(37-27)40-17-24(18-40)39(3)4)35-30(42)20(2)41-16-22-9-8-21(14-25(22)31(41)43)29-26(33)15-34-32(38-29)36-23-10-12-44-13-11-23/h5-9,14-15,19-20,23-24,31,43H,10-13,16-18H2,1-4H3,(H,35,42)(H,34,36,38)/t19-,20-,31?/m1/s1. The van der Waals surface area contributed by atoms with Gasteiger partial charge in [-0.15, -0.1) is 0 Å². The van der Waals surface area contributed by atoms with Crippen LogP contribution in [0.3, 0.4) is 0 Å². The molecule has 0 aliphatic carbocycles. The summed E-state index contributed by atoms with van der Waals surface area (Å²) in [5, 5.41) is 18.3. The summed E-state index contributed by atoms with van der Waals surface area (Å²) in [5.74, 6) is 1.27. The van der Waals surface area contributed by atoms with Crippen LogP contribution in [0.1, 0.15) is 55.8 Å². The Balaban J connectivity index is 1.11. The second-order valence-corrected chi connectivity index (χ2v) is 12.6. The summed E-state index contributed by atoms with van der Waals surface area (Å²) in [7, 11) is 4.19. The third-order valence-electron chi connectivity index (χ3n) is 9.01. The van der Waals surface area contributed by atoms with Crippen molar-refractivity contribution in [1.82, 2.24) is 30.1 Å². The van der Waals surface area contributed by atoms with Crippen LogP contribution in [0.15, 0.2) is 42.6 Å². The number of aliphatic hydroxyl groups is 1. The van der Waals surface area contributed by atoms with E-state index in [9.17, 15) is 9.90 Å². The van der Waals surface area contributed by atoms with E-state index in [2.05, 4.69) is 39.5 Å². The molecule has 1 unspecified atom stereocenters. The number of carbonyl (C=O) groups excluding carboxylic acids is 1. The number of amides is 1. The lowest BCUT2D eigenvalue weighted by Crippen LogP contribution is -2.57. The van der Waals surface area contributed by atoms with E-state index in [0.29, 0.717) is 42.5 Å². The zero-order chi connectivity index (χ0) is 31.0. The summed E-state index contributed by atoms with van der Waals surface area (Å²) >= 11 is 6.53. The minimum absolute atomic E-state index is 0.170. The van der Waals surface area contributed by atoms with Crippen molar-refractivity contribution in [2.45, 2.75) is 63.6 Å². The number of hydrogen-bond acceptors (Lipinski definition) is 10. The van der Waals surface area contributed by atoms with Crippen LogP contribution in [-0.4, -0.2) is 94.3 Å². The van der Waals surface area contributed by atoms with E-state index in [0.717, 1.165) is 54.1 Å². The molecule has 234 valence electrons. The van der Waals surface area contributed by atoms with Crippen molar-refractivity contribution in [1.29, 1.82) is 0 Å². The summed E-state index contributed by atoms with van der Waals surface area (Å²) in [6.45, 7) is 7.51. The molecule has 2 aromatic heterocycles. The number of hydrogen-bond donors (Lipinski definition) is 3. The third-order valence-corrected chi connectivity index (χ3v) is 9.29. The van der Waals surface area contributed by atoms with Gasteiger partial charge in [0.15, 0.2) is 0 Å². The van der Waals surface area contributed by atoms with Crippen molar-refractivity contribution in [3.63, 3.8) is 0 Å². The molecule has 0 spiro atoms. The van der Waals surface area contributed by atoms with Crippen LogP contribution in [-0.2, 0) is 16.1 Å². The largest absolute Gasteiger partial charge is 0.381 e. The highest BCUT2D eigenvalue weighted by Crippen LogP contribution is 2.37. The molecule has 3 aromatic rings. The Kier molecular flexibility index (Phi) is 9.02. The maximum Gasteiger partial charge on any atom is 0.237 e. The molecule has 0 bridgehead atoms. The molecule has 3 aliphatic heterocycles. The molecule has 3 N–H and O–H groups in total. The molecule has 3 aliphatic rings. The Morgan fingerprint density at radius 1 is 1.14 bits per heavy atom. The first-order valence-corrected chi connectivity index (χ1v) is 15.7. The van der Waals surface area contributed by atoms with E-state index >= 15 is 0 Å². The SMILES string of the molecule is C[C@H](C(=O)N[C@H](C)c1cccc(N2CC(N(C)C)C2)n1)N1Cc2ccc(-c3nc(NC4CCOCC4)ncc3Cl)cc2C1O. The molecule has 3 atom stereocenters. The Morgan fingerprint density at radius 3 is 2.66 bits per heavy atom. The Labute approximate surface area is 263 Å². The van der Waals surface area contributed by atoms with Crippen LogP contribution in [0.2, 0.25) is 5.02 Å². The van der Waals surface area contributed by atoms with Crippen molar-refractivity contribution in [2.75, 3.05) is 50.6 Å². The van der Waals surface area contributed by atoms with Gasteiger partial charge in [0.05, 0.1) is 34.7 Å². The van der Waals surface area contributed by atoms with Crippen LogP contribution >= 0.6 is 11.6 Å². The minimum Gasteiger partial charge on any atom is -0.381 e. The van der Waals surface area contributed by atoms with Crippen LogP contribution in [0, 0.1) is 0 Å². The number of pyridine rings is 1. The van der Waals surface area contributed by atoms with Gasteiger partial charge in [0.1, 0.15) is 12.0 Å². The van der Waals surface area contributed by atoms with Gasteiger partial charge in [-0.2, -0.15) is 0 Å². The molecule has 0 radical (unpaired) electrons. The lowest BCUT2D eigenvalue weighted by Gasteiger charge is -2.43. The highest BCUT2D eigenvalue weighted by Gasteiger charge is 2.36. The van der Waals surface area contributed by atoms with E-state index in [1.165, 1.54) is 0 Å². The summed E-state index contributed by atoms with van der Waals surface area (Å²) in [4.78, 5) is 33.6. The fourth-order valence-electron chi connectivity index (χ4n) is 5.99. The summed E-state index contributed by atoms with van der Waals surface area (Å²) in [5.41, 5.74) is 3.87. The van der Waals surface area contributed by atoms with Crippen molar-refractivity contribution < 1.29 is 14.6 Å². The minimum atomic E-state index is -0.945. The van der Waals surface area contributed by atoms with E-state index < -0.39 is 12.3 Å². The van der Waals surface area contributed by atoms with Gasteiger partial charge < -0.3 is 30.3 Å². The molecule has 2 saturated heterocycles. The van der Waals surface area contributed by atoms with E-state index in [4.69, 9.17) is 26.3 Å². The normalized spacial score (nSPS) is 20.7. The quantitative estimate of drug-likeness (QED) is 0.327. The first-order chi connectivity index (χ1) is 21.2. The number of benzene rings is 1. The number of ether oxygens (including phenoxy) is 1. The smallest absolute Gasteiger partial charge is 0.237 e. The van der Waals surface area contributed by atoms with Crippen molar-refractivity contribution in [3.05, 3.63) is 64.4 Å². The highest BCUT2D eigenvalue weighted by atomic mass is 35.5. The molecule has 11 nitrogen and oxygen atoms in total. The van der Waals surface area contributed by atoms with Crippen molar-refractivity contribution >= 4 is 29.3 Å². The van der Waals surface area contributed by atoms with E-state index in [-0.39, 0.29) is 18.0 Å². The van der Waals surface area contributed by atoms with Crippen LogP contribution in [0.4, 0.5) is 11.8 Å². The van der Waals surface area contributed by atoms with E-state index in [1.807, 2.05) is 50.2 Å². The number of aromatic nitrogens is 3. The van der Waals surface area contributed by atoms with Gasteiger partial charge in [-0.1, -0.05) is 29.8 Å². The van der Waals surface area contributed by atoms with Gasteiger partial charge in [0.25, 0.3) is 0 Å². The van der Waals surface area contributed by atoms with Gasteiger partial charge >= 0.3 is 0 Å². The van der Waals surface area contributed by atoms with Gasteiger partial charge in [-0.3, -0.25) is 9.69 Å². The lowest BCUT2D eigenvalue weighted by molar-refractivity contribution is -0.131. The predicted molar refractivity (Wildman–Crippen MR) is 170 cm³/mol. The number of halogens is 1. The topological polar surface area (TPSA) is 119 Å². The molecule has 1 amide bonds. The first-order valence-electron chi connectivity index (χ1n) is 15.3. The zero-order valence-corrected chi connectivity index (χ0v) is 26.5. The molecule has 12 heteroatoms. The number of nitrogens with zero attached hydrogens (tertiary/aromatic N) is 6. The number of nitrogens with one attached hydrogen (secondary N) is 2. The maximum absolute atomic E-state index is 13.4. The average Bonchev–Trinajstić information content (AvgIpc) is 3.32. The van der Waals surface area contributed by atoms with Crippen molar-refractivity contribution in [2.24, 2.45) is 0 Å². The fraction of sp³-hybridized carbons (Fsp3) is 0.500. The maximum atomic E-state index is 13.4. The van der Waals surface area contributed by atoms with Gasteiger partial charge in [0, 0.05) is 56.1 Å². The Morgan fingerprint density at radius 2 is 1.91 bits per heavy atom. The molecule has 1 aromatic carbocycles. The number of carbonyl (C=O) groups is 1. The highest BCUT2D eigenvalue weighted by molar-refractivity contribution is 6.32. The molecule has 44 heavy (non-hydrogen) atoms. The number of rotatable bonds is 9. The molecule has 5 heterocycles. The van der Waals surface area contributed by atoms with Gasteiger partial charge in [-0.25, -0.2) is 15.0 Å². The van der Waals surface area contributed by atoms with Crippen molar-refractivity contribution in [3.8, 4) is 11.3 Å². The van der Waals surface area contributed by atoms with E-state index in [1.54, 1.807) is 11.1 Å². The fourth-order valence-corrected chi connectivity index (χ4v) is 6.19. The second kappa shape index (κ2) is 12.9. The summed E-state index contributed by atoms with van der Waals surface area (Å²) in [6, 6.07) is 11.7. The first kappa shape index (κ1) is 30.7. The predicted octanol–water partition coefficient (Wildman–Crippen LogP) is 3.61. The van der Waals surface area contributed by atoms with Crippen LogP contribution in [0.25, 0.3) is 11.3 Å². The molecule has 2 fully saturated rings. The third kappa shape index (κ3) is 6.38. The van der Waals surface area contributed by atoms with Gasteiger partial charge in [-0.05, 0) is 64.5 Å². The second-order valence-electron chi connectivity index (χ2n) is 12.2. The molecular formula is C32H41ClN8O3. The number of fused-ring (bicyclic) bond motifs is 1. The number of likely N-dealkylation sites (N-methyl/N-ethyl adjacent to an activating group) is 1. The lowest BCUT2D eigenvalue weighted by atomic mass is 10.0. The zero-order valence-electron chi connectivity index (χ0n) is 25.7. The Hall–Kier alpha value is -3.35. The number of aliphatic hydroxyl groups excluding tert-OH is 1. The van der Waals surface area contributed by atoms with Crippen LogP contribution < -0.4 is 15.5 Å². The molecule has 0 saturated carbocycles. The molecule has 6 rings (SSSR count). The number of anilines is 2. The van der Waals surface area contributed by atoms with Gasteiger partial charge in [0.2, 0.25) is 11.9 Å². The summed E-state index contributed by atoms with van der Waals surface area (Å²) in [6.07, 6.45) is 2.44. The average molecular weight is 621 g/mol. The monoisotopic (exact) mass is 620 g/mol. The van der Waals surface area contributed by atoms with Crippen LogP contribution in [0.5, 0.6) is 0 Å². The molecular weight excluding hydrogens is 580 g/mol. The summed E-state index contributed by atoms with van der Waals surface area (Å²) < 4.78 is 5.45. The Bertz CT molecular complexity index is 1490.